The van der Waals surface area contributed by atoms with Crippen LogP contribution in [0.2, 0.25) is 0 Å². The molecule has 0 spiro atoms. The fraction of sp³-hybridized carbons (Fsp3) is 0. The van der Waals surface area contributed by atoms with Gasteiger partial charge >= 0.3 is 0 Å². The second-order valence-electron chi connectivity index (χ2n) is 2.29. The lowest BCUT2D eigenvalue weighted by atomic mass is 10.2. The third-order valence-corrected chi connectivity index (χ3v) is 2.34. The molecule has 0 fully saturated rings. The molecule has 0 aliphatic rings. The van der Waals surface area contributed by atoms with E-state index >= 15 is 0 Å². The predicted octanol–water partition coefficient (Wildman–Crippen LogP) is 0.226. The van der Waals surface area contributed by atoms with Crippen LogP contribution in [0.5, 0.6) is 0 Å². The van der Waals surface area contributed by atoms with Gasteiger partial charge in [0.2, 0.25) is 0 Å². The third kappa shape index (κ3) is 2.27. The molecule has 0 aliphatic heterocycles. The predicted molar refractivity (Wildman–Crippen MR) is 48.0 cm³/mol. The number of rotatable bonds is 2. The topological polar surface area (TPSA) is 92.8 Å². The van der Waals surface area contributed by atoms with Crippen molar-refractivity contribution in [2.24, 2.45) is 10.9 Å². The fourth-order valence-corrected chi connectivity index (χ4v) is 1.57. The third-order valence-electron chi connectivity index (χ3n) is 1.41. The summed E-state index contributed by atoms with van der Waals surface area (Å²) in [4.78, 5) is -0.204. The van der Waals surface area contributed by atoms with Crippen molar-refractivity contribution in [2.75, 3.05) is 0 Å². The van der Waals surface area contributed by atoms with E-state index in [9.17, 15) is 8.42 Å². The molecular weight excluding hydrogens is 192 g/mol. The zero-order valence-corrected chi connectivity index (χ0v) is 7.40. The number of nitrogens with zero attached hydrogens (tertiary/aromatic N) is 1. The highest BCUT2D eigenvalue weighted by Gasteiger charge is 2.12. The van der Waals surface area contributed by atoms with Crippen LogP contribution in [0.15, 0.2) is 34.3 Å². The van der Waals surface area contributed by atoms with Gasteiger partial charge in [0.25, 0.3) is 10.1 Å². The second kappa shape index (κ2) is 3.55. The van der Waals surface area contributed by atoms with Gasteiger partial charge < -0.3 is 5.84 Å². The molecule has 0 amide bonds. The standard InChI is InChI=1S/C7H8N2O3S/c8-9-5-6-3-1-2-4-7(6)13(10,11)12/h1-5H,8H2,(H,10,11,12)/b9-5+. The van der Waals surface area contributed by atoms with E-state index in [1.807, 2.05) is 0 Å². The molecule has 3 N–H and O–H groups in total. The first-order chi connectivity index (χ1) is 6.05. The Morgan fingerprint density at radius 2 is 2.00 bits per heavy atom. The molecule has 0 aromatic heterocycles. The molecule has 0 atom stereocenters. The largest absolute Gasteiger partial charge is 0.323 e. The summed E-state index contributed by atoms with van der Waals surface area (Å²) in [5.74, 6) is 4.87. The van der Waals surface area contributed by atoms with Crippen molar-refractivity contribution in [1.29, 1.82) is 0 Å². The molecule has 6 heteroatoms. The van der Waals surface area contributed by atoms with Crippen LogP contribution in [-0.4, -0.2) is 19.2 Å². The minimum atomic E-state index is -4.20. The first kappa shape index (κ1) is 9.69. The Balaban J connectivity index is 3.37. The van der Waals surface area contributed by atoms with Crippen LogP contribution in [-0.2, 0) is 10.1 Å². The van der Waals surface area contributed by atoms with E-state index in [1.165, 1.54) is 18.2 Å². The molecule has 0 aliphatic carbocycles. The van der Waals surface area contributed by atoms with Crippen LogP contribution >= 0.6 is 0 Å². The molecule has 70 valence electrons. The van der Waals surface area contributed by atoms with E-state index in [4.69, 9.17) is 10.4 Å². The van der Waals surface area contributed by atoms with Crippen LogP contribution < -0.4 is 5.84 Å². The van der Waals surface area contributed by atoms with Crippen molar-refractivity contribution in [3.63, 3.8) is 0 Å². The molecule has 0 saturated heterocycles. The highest BCUT2D eigenvalue weighted by molar-refractivity contribution is 7.86. The Bertz CT molecular complexity index is 425. The zero-order chi connectivity index (χ0) is 9.90. The first-order valence-electron chi connectivity index (χ1n) is 3.35. The highest BCUT2D eigenvalue weighted by Crippen LogP contribution is 2.12. The van der Waals surface area contributed by atoms with E-state index in [-0.39, 0.29) is 10.5 Å². The van der Waals surface area contributed by atoms with Crippen molar-refractivity contribution >= 4 is 16.3 Å². The summed E-state index contributed by atoms with van der Waals surface area (Å²) < 4.78 is 30.3. The smallest absolute Gasteiger partial charge is 0.295 e. The molecule has 1 aromatic rings. The molecule has 1 aromatic carbocycles. The van der Waals surface area contributed by atoms with E-state index in [1.54, 1.807) is 6.07 Å². The summed E-state index contributed by atoms with van der Waals surface area (Å²) >= 11 is 0. The number of nitrogens with two attached hydrogens (primary N) is 1. The van der Waals surface area contributed by atoms with Crippen molar-refractivity contribution < 1.29 is 13.0 Å². The molecule has 0 heterocycles. The average molecular weight is 200 g/mol. The van der Waals surface area contributed by atoms with Crippen LogP contribution in [0.3, 0.4) is 0 Å². The monoisotopic (exact) mass is 200 g/mol. The van der Waals surface area contributed by atoms with Gasteiger partial charge in [-0.15, -0.1) is 0 Å². The second-order valence-corrected chi connectivity index (χ2v) is 3.68. The van der Waals surface area contributed by atoms with Crippen LogP contribution in [0.25, 0.3) is 0 Å². The fourth-order valence-electron chi connectivity index (χ4n) is 0.902. The molecule has 5 nitrogen and oxygen atoms in total. The van der Waals surface area contributed by atoms with Gasteiger partial charge in [-0.3, -0.25) is 4.55 Å². The van der Waals surface area contributed by atoms with Gasteiger partial charge in [0.1, 0.15) is 4.90 Å². The maximum Gasteiger partial charge on any atom is 0.295 e. The first-order valence-corrected chi connectivity index (χ1v) is 4.79. The van der Waals surface area contributed by atoms with Gasteiger partial charge in [0, 0.05) is 5.56 Å². The number of hydrogen-bond donors (Lipinski definition) is 2. The minimum absolute atomic E-state index is 0.204. The Morgan fingerprint density at radius 1 is 1.38 bits per heavy atom. The van der Waals surface area contributed by atoms with Crippen LogP contribution in [0.4, 0.5) is 0 Å². The SMILES string of the molecule is N/N=C/c1ccccc1S(=O)(=O)O. The van der Waals surface area contributed by atoms with Crippen molar-refractivity contribution in [3.05, 3.63) is 29.8 Å². The lowest BCUT2D eigenvalue weighted by Crippen LogP contribution is -2.02. The Labute approximate surface area is 75.6 Å². The van der Waals surface area contributed by atoms with Crippen molar-refractivity contribution in [2.45, 2.75) is 4.90 Å². The Morgan fingerprint density at radius 3 is 2.54 bits per heavy atom. The lowest BCUT2D eigenvalue weighted by molar-refractivity contribution is 0.483. The number of hydrazone groups is 1. The molecule has 0 bridgehead atoms. The quantitative estimate of drug-likeness (QED) is 0.309. The van der Waals surface area contributed by atoms with Gasteiger partial charge in [-0.1, -0.05) is 18.2 Å². The van der Waals surface area contributed by atoms with Crippen molar-refractivity contribution in [3.8, 4) is 0 Å². The summed E-state index contributed by atoms with van der Waals surface area (Å²) in [6.45, 7) is 0. The molecule has 13 heavy (non-hydrogen) atoms. The molecular formula is C7H8N2O3S. The zero-order valence-electron chi connectivity index (χ0n) is 6.58. The van der Waals surface area contributed by atoms with E-state index in [2.05, 4.69) is 5.10 Å². The number of benzene rings is 1. The van der Waals surface area contributed by atoms with Gasteiger partial charge in [-0.2, -0.15) is 13.5 Å². The minimum Gasteiger partial charge on any atom is -0.323 e. The lowest BCUT2D eigenvalue weighted by Gasteiger charge is -1.99. The maximum atomic E-state index is 10.8. The van der Waals surface area contributed by atoms with E-state index < -0.39 is 10.1 Å². The Hall–Kier alpha value is -1.40. The summed E-state index contributed by atoms with van der Waals surface area (Å²) in [6, 6.07) is 5.87. The van der Waals surface area contributed by atoms with Gasteiger partial charge in [-0.05, 0) is 6.07 Å². The highest BCUT2D eigenvalue weighted by atomic mass is 32.2. The van der Waals surface area contributed by atoms with E-state index in [0.717, 1.165) is 6.21 Å². The normalized spacial score (nSPS) is 12.1. The summed E-state index contributed by atoms with van der Waals surface area (Å²) in [7, 11) is -4.20. The average Bonchev–Trinajstić information content (AvgIpc) is 2.04. The van der Waals surface area contributed by atoms with Crippen LogP contribution in [0, 0.1) is 0 Å². The van der Waals surface area contributed by atoms with Gasteiger partial charge in [0.15, 0.2) is 0 Å². The van der Waals surface area contributed by atoms with E-state index in [0.29, 0.717) is 0 Å². The van der Waals surface area contributed by atoms with Crippen LogP contribution in [0.1, 0.15) is 5.56 Å². The summed E-state index contributed by atoms with van der Waals surface area (Å²) in [5.41, 5.74) is 0.257. The molecule has 1 rings (SSSR count). The maximum absolute atomic E-state index is 10.8. The Kier molecular flexibility index (Phi) is 2.64. The number of hydrogen-bond acceptors (Lipinski definition) is 4. The van der Waals surface area contributed by atoms with Gasteiger partial charge in [-0.25, -0.2) is 0 Å². The molecule has 0 radical (unpaired) electrons. The molecule has 0 saturated carbocycles. The summed E-state index contributed by atoms with van der Waals surface area (Å²) in [6.07, 6.45) is 1.16. The van der Waals surface area contributed by atoms with Gasteiger partial charge in [0.05, 0.1) is 6.21 Å². The van der Waals surface area contributed by atoms with Crippen molar-refractivity contribution in [1.82, 2.24) is 0 Å². The summed E-state index contributed by atoms with van der Waals surface area (Å²) in [5, 5.41) is 3.18. The molecule has 0 unspecified atom stereocenters.